The van der Waals surface area contributed by atoms with Crippen LogP contribution in [0.1, 0.15) is 16.9 Å². The Hall–Kier alpha value is -3.14. The number of esters is 1. The molecule has 2 N–H and O–H groups in total. The molecule has 1 aromatic carbocycles. The minimum Gasteiger partial charge on any atom is -0.469 e. The monoisotopic (exact) mass is 387 g/mol. The minimum absolute atomic E-state index is 0.0782. The molecule has 3 rings (SSSR count). The second kappa shape index (κ2) is 8.04. The number of imidazole rings is 1. The molecule has 27 heavy (non-hydrogen) atoms. The van der Waals surface area contributed by atoms with E-state index < -0.39 is 11.2 Å². The van der Waals surface area contributed by atoms with Gasteiger partial charge >= 0.3 is 5.97 Å². The quantitative estimate of drug-likeness (QED) is 0.751. The van der Waals surface area contributed by atoms with Crippen LogP contribution >= 0.6 is 11.8 Å². The van der Waals surface area contributed by atoms with E-state index in [1.54, 1.807) is 24.3 Å². The number of thioether (sulfide) groups is 1. The number of aromatic amines is 1. The van der Waals surface area contributed by atoms with E-state index in [2.05, 4.69) is 25.0 Å². The van der Waals surface area contributed by atoms with E-state index in [9.17, 15) is 14.4 Å². The largest absolute Gasteiger partial charge is 0.469 e. The van der Waals surface area contributed by atoms with E-state index in [0.717, 1.165) is 11.8 Å². The van der Waals surface area contributed by atoms with Gasteiger partial charge in [-0.15, -0.1) is 0 Å². The lowest BCUT2D eigenvalue weighted by molar-refractivity contribution is -0.141. The van der Waals surface area contributed by atoms with Gasteiger partial charge in [0, 0.05) is 7.05 Å². The molecule has 1 aliphatic rings. The predicted molar refractivity (Wildman–Crippen MR) is 101 cm³/mol. The fourth-order valence-electron chi connectivity index (χ4n) is 2.48. The number of carbonyl (C=O) groups excluding carboxylic acids is 3. The van der Waals surface area contributed by atoms with Gasteiger partial charge in [-0.05, 0) is 12.1 Å². The van der Waals surface area contributed by atoms with E-state index in [1.807, 2.05) is 6.07 Å². The van der Waals surface area contributed by atoms with Gasteiger partial charge < -0.3 is 15.0 Å². The highest BCUT2D eigenvalue weighted by molar-refractivity contribution is 8.16. The zero-order valence-electron chi connectivity index (χ0n) is 14.6. The molecule has 0 saturated carbocycles. The first-order chi connectivity index (χ1) is 13.0. The fourth-order valence-corrected chi connectivity index (χ4v) is 3.60. The minimum atomic E-state index is -0.668. The number of hydrogen-bond acceptors (Lipinski definition) is 7. The van der Waals surface area contributed by atoms with Crippen molar-refractivity contribution >= 4 is 46.2 Å². The third-order valence-electron chi connectivity index (χ3n) is 3.80. The van der Waals surface area contributed by atoms with Crippen molar-refractivity contribution in [3.63, 3.8) is 0 Å². The molecular weight excluding hydrogens is 370 g/mol. The summed E-state index contributed by atoms with van der Waals surface area (Å²) in [6, 6.07) is 8.95. The van der Waals surface area contributed by atoms with Crippen LogP contribution in [-0.2, 0) is 14.3 Å². The third kappa shape index (κ3) is 3.85. The van der Waals surface area contributed by atoms with E-state index in [4.69, 9.17) is 0 Å². The lowest BCUT2D eigenvalue weighted by Crippen LogP contribution is -2.32. The summed E-state index contributed by atoms with van der Waals surface area (Å²) < 4.78 is 4.67. The maximum Gasteiger partial charge on any atom is 0.307 e. The summed E-state index contributed by atoms with van der Waals surface area (Å²) in [5.74, 6) is -0.990. The van der Waals surface area contributed by atoms with Crippen molar-refractivity contribution in [1.29, 1.82) is 0 Å². The van der Waals surface area contributed by atoms with Gasteiger partial charge in [-0.3, -0.25) is 19.3 Å². The van der Waals surface area contributed by atoms with Crippen LogP contribution in [0.5, 0.6) is 0 Å². The summed E-state index contributed by atoms with van der Waals surface area (Å²) in [7, 11) is 2.77. The van der Waals surface area contributed by atoms with E-state index in [1.165, 1.54) is 25.4 Å². The average Bonchev–Trinajstić information content (AvgIpc) is 3.26. The molecule has 1 unspecified atom stereocenters. The number of nitrogens with zero attached hydrogens (tertiary/aromatic N) is 3. The van der Waals surface area contributed by atoms with Crippen LogP contribution in [0.3, 0.4) is 0 Å². The molecule has 10 heteroatoms. The first kappa shape index (κ1) is 18.6. The lowest BCUT2D eigenvalue weighted by Gasteiger charge is -2.16. The second-order valence-electron chi connectivity index (χ2n) is 5.47. The molecule has 1 aromatic heterocycles. The van der Waals surface area contributed by atoms with Gasteiger partial charge in [-0.2, -0.15) is 0 Å². The number of carbonyl (C=O) groups is 3. The number of amidine groups is 1. The third-order valence-corrected chi connectivity index (χ3v) is 4.94. The van der Waals surface area contributed by atoms with Crippen molar-refractivity contribution in [3.05, 3.63) is 42.4 Å². The zero-order valence-corrected chi connectivity index (χ0v) is 15.4. The van der Waals surface area contributed by atoms with Crippen molar-refractivity contribution in [2.75, 3.05) is 19.1 Å². The number of H-pyrrole nitrogens is 1. The molecule has 1 aliphatic heterocycles. The van der Waals surface area contributed by atoms with Crippen LogP contribution in [0.2, 0.25) is 0 Å². The number of benzene rings is 1. The summed E-state index contributed by atoms with van der Waals surface area (Å²) in [5, 5.41) is 2.16. The van der Waals surface area contributed by atoms with Crippen LogP contribution in [0.4, 0.5) is 11.5 Å². The number of aromatic nitrogens is 2. The number of nitrogens with one attached hydrogen (secondary N) is 2. The second-order valence-corrected chi connectivity index (χ2v) is 6.64. The maximum atomic E-state index is 12.9. The van der Waals surface area contributed by atoms with E-state index in [-0.39, 0.29) is 29.7 Å². The van der Waals surface area contributed by atoms with Gasteiger partial charge in [0.1, 0.15) is 5.25 Å². The summed E-state index contributed by atoms with van der Waals surface area (Å²) in [6.45, 7) is 0. The number of para-hydroxylation sites is 1. The standard InChI is InChI=1S/C17H17N5O4S/c1-18-15(24)13-14(20-9-19-13)21-17-22(10-6-4-3-5-7-10)16(25)11(27-17)8-12(23)26-2/h3-7,9,11H,8H2,1-2H3,(H,18,24)(H,19,20)/b21-17-. The summed E-state index contributed by atoms with van der Waals surface area (Å²) in [5.41, 5.74) is 0.792. The Bertz CT molecular complexity index is 896. The SMILES string of the molecule is CNC(=O)c1[nH]cnc1/N=C1\SC(CC(=O)OC)C(=O)N1c1ccccc1. The highest BCUT2D eigenvalue weighted by Gasteiger charge is 2.40. The van der Waals surface area contributed by atoms with Crippen LogP contribution in [-0.4, -0.2) is 52.3 Å². The molecule has 1 atom stereocenters. The Morgan fingerprint density at radius 1 is 1.37 bits per heavy atom. The smallest absolute Gasteiger partial charge is 0.307 e. The molecule has 2 aromatic rings. The molecule has 1 fully saturated rings. The highest BCUT2D eigenvalue weighted by atomic mass is 32.2. The number of ether oxygens (including phenoxy) is 1. The Kier molecular flexibility index (Phi) is 5.55. The van der Waals surface area contributed by atoms with Crippen molar-refractivity contribution in [3.8, 4) is 0 Å². The van der Waals surface area contributed by atoms with Gasteiger partial charge in [0.05, 0.1) is 25.5 Å². The van der Waals surface area contributed by atoms with Crippen LogP contribution in [0.25, 0.3) is 0 Å². The van der Waals surface area contributed by atoms with Gasteiger partial charge in [0.2, 0.25) is 5.91 Å². The van der Waals surface area contributed by atoms with Gasteiger partial charge in [-0.1, -0.05) is 30.0 Å². The van der Waals surface area contributed by atoms with Crippen molar-refractivity contribution in [2.24, 2.45) is 4.99 Å². The normalized spacial score (nSPS) is 18.0. The zero-order chi connectivity index (χ0) is 19.4. The van der Waals surface area contributed by atoms with E-state index >= 15 is 0 Å². The molecule has 2 heterocycles. The molecule has 1 saturated heterocycles. The molecule has 140 valence electrons. The first-order valence-corrected chi connectivity index (χ1v) is 8.89. The Labute approximate surface area is 159 Å². The van der Waals surface area contributed by atoms with E-state index in [0.29, 0.717) is 10.9 Å². The van der Waals surface area contributed by atoms with Gasteiger partial charge in [0.25, 0.3) is 5.91 Å². The summed E-state index contributed by atoms with van der Waals surface area (Å²) in [6.07, 6.45) is 1.27. The van der Waals surface area contributed by atoms with Crippen molar-refractivity contribution < 1.29 is 19.1 Å². The van der Waals surface area contributed by atoms with Crippen LogP contribution < -0.4 is 10.2 Å². The highest BCUT2D eigenvalue weighted by Crippen LogP contribution is 2.35. The fraction of sp³-hybridized carbons (Fsp3) is 0.235. The number of rotatable bonds is 5. The molecule has 0 radical (unpaired) electrons. The topological polar surface area (TPSA) is 117 Å². The first-order valence-electron chi connectivity index (χ1n) is 8.01. The summed E-state index contributed by atoms with van der Waals surface area (Å²) in [4.78, 5) is 49.1. The lowest BCUT2D eigenvalue weighted by atomic mass is 10.2. The van der Waals surface area contributed by atoms with Crippen LogP contribution in [0, 0.1) is 0 Å². The number of amides is 2. The number of anilines is 1. The number of hydrogen-bond donors (Lipinski definition) is 2. The predicted octanol–water partition coefficient (Wildman–Crippen LogP) is 1.47. The average molecular weight is 387 g/mol. The molecule has 0 bridgehead atoms. The number of methoxy groups -OCH3 is 1. The van der Waals surface area contributed by atoms with Crippen molar-refractivity contribution in [1.82, 2.24) is 15.3 Å². The van der Waals surface area contributed by atoms with Crippen LogP contribution in [0.15, 0.2) is 41.7 Å². The molecule has 0 aliphatic carbocycles. The molecular formula is C17H17N5O4S. The molecule has 9 nitrogen and oxygen atoms in total. The molecule has 0 spiro atoms. The maximum absolute atomic E-state index is 12.9. The molecule has 2 amide bonds. The van der Waals surface area contributed by atoms with Crippen molar-refractivity contribution in [2.45, 2.75) is 11.7 Å². The Balaban J connectivity index is 2.00. The Morgan fingerprint density at radius 3 is 2.78 bits per heavy atom. The number of aliphatic imine (C=N–C) groups is 1. The summed E-state index contributed by atoms with van der Waals surface area (Å²) >= 11 is 1.13. The Morgan fingerprint density at radius 2 is 2.11 bits per heavy atom. The van der Waals surface area contributed by atoms with Gasteiger partial charge in [0.15, 0.2) is 16.7 Å². The van der Waals surface area contributed by atoms with Gasteiger partial charge in [-0.25, -0.2) is 9.98 Å².